The SMILES string of the molecule is O=C(c1ccc(CN2C(=O)CCC2=O)cc1)N1CCC(c2nc3cc(Cl)ccc3s2)CC1. The van der Waals surface area contributed by atoms with E-state index in [0.717, 1.165) is 33.6 Å². The zero-order valence-electron chi connectivity index (χ0n) is 17.4. The van der Waals surface area contributed by atoms with Crippen LogP contribution in [-0.4, -0.2) is 45.6 Å². The number of halogens is 1. The summed E-state index contributed by atoms with van der Waals surface area (Å²) in [6.07, 6.45) is 2.35. The van der Waals surface area contributed by atoms with Crippen LogP contribution in [0.25, 0.3) is 10.2 Å². The fourth-order valence-corrected chi connectivity index (χ4v) is 5.62. The summed E-state index contributed by atoms with van der Waals surface area (Å²) in [5.41, 5.74) is 2.41. The number of carbonyl (C=O) groups is 3. The molecule has 32 heavy (non-hydrogen) atoms. The molecule has 6 nitrogen and oxygen atoms in total. The molecule has 0 radical (unpaired) electrons. The van der Waals surface area contributed by atoms with Gasteiger partial charge in [-0.15, -0.1) is 11.3 Å². The molecule has 5 rings (SSSR count). The van der Waals surface area contributed by atoms with E-state index in [1.807, 2.05) is 35.2 Å². The second kappa shape index (κ2) is 8.64. The van der Waals surface area contributed by atoms with Crippen molar-refractivity contribution in [2.45, 2.75) is 38.1 Å². The molecule has 0 unspecified atom stereocenters. The van der Waals surface area contributed by atoms with Crippen LogP contribution in [0, 0.1) is 0 Å². The van der Waals surface area contributed by atoms with E-state index in [9.17, 15) is 14.4 Å². The zero-order chi connectivity index (χ0) is 22.2. The van der Waals surface area contributed by atoms with Crippen LogP contribution >= 0.6 is 22.9 Å². The van der Waals surface area contributed by atoms with Gasteiger partial charge in [0.1, 0.15) is 0 Å². The molecule has 0 saturated carbocycles. The van der Waals surface area contributed by atoms with Crippen molar-refractivity contribution < 1.29 is 14.4 Å². The Kier molecular flexibility index (Phi) is 5.69. The monoisotopic (exact) mass is 467 g/mol. The van der Waals surface area contributed by atoms with Crippen molar-refractivity contribution in [3.05, 3.63) is 63.6 Å². The van der Waals surface area contributed by atoms with Crippen LogP contribution < -0.4 is 0 Å². The van der Waals surface area contributed by atoms with Gasteiger partial charge in [0.2, 0.25) is 11.8 Å². The Labute approximate surface area is 194 Å². The van der Waals surface area contributed by atoms with Crippen molar-refractivity contribution >= 4 is 50.9 Å². The van der Waals surface area contributed by atoms with Crippen molar-refractivity contribution in [3.63, 3.8) is 0 Å². The summed E-state index contributed by atoms with van der Waals surface area (Å²) in [4.78, 5) is 44.5. The lowest BCUT2D eigenvalue weighted by Gasteiger charge is -2.31. The van der Waals surface area contributed by atoms with Crippen LogP contribution in [-0.2, 0) is 16.1 Å². The lowest BCUT2D eigenvalue weighted by Crippen LogP contribution is -2.37. The van der Waals surface area contributed by atoms with Gasteiger partial charge in [0.25, 0.3) is 5.91 Å². The second-order valence-electron chi connectivity index (χ2n) is 8.30. The van der Waals surface area contributed by atoms with E-state index >= 15 is 0 Å². The van der Waals surface area contributed by atoms with Crippen LogP contribution in [0.3, 0.4) is 0 Å². The van der Waals surface area contributed by atoms with Gasteiger partial charge in [-0.3, -0.25) is 19.3 Å². The van der Waals surface area contributed by atoms with E-state index in [0.29, 0.717) is 29.6 Å². The molecule has 0 N–H and O–H groups in total. The van der Waals surface area contributed by atoms with Crippen molar-refractivity contribution in [1.29, 1.82) is 0 Å². The summed E-state index contributed by atoms with van der Waals surface area (Å²) in [6, 6.07) is 13.0. The third kappa shape index (κ3) is 4.14. The molecule has 2 aliphatic heterocycles. The van der Waals surface area contributed by atoms with Gasteiger partial charge in [-0.2, -0.15) is 0 Å². The molecule has 3 heterocycles. The first-order valence-corrected chi connectivity index (χ1v) is 11.9. The van der Waals surface area contributed by atoms with Crippen LogP contribution in [0.1, 0.15) is 52.5 Å². The molecular weight excluding hydrogens is 446 g/mol. The minimum atomic E-state index is -0.130. The predicted molar refractivity (Wildman–Crippen MR) is 124 cm³/mol. The molecule has 0 atom stereocenters. The van der Waals surface area contributed by atoms with Gasteiger partial charge in [0, 0.05) is 42.4 Å². The van der Waals surface area contributed by atoms with Crippen LogP contribution in [0.2, 0.25) is 5.02 Å². The highest BCUT2D eigenvalue weighted by Gasteiger charge is 2.29. The summed E-state index contributed by atoms with van der Waals surface area (Å²) in [5, 5.41) is 1.81. The topological polar surface area (TPSA) is 70.6 Å². The summed E-state index contributed by atoms with van der Waals surface area (Å²) >= 11 is 7.79. The third-order valence-corrected chi connectivity index (χ3v) is 7.63. The number of hydrogen-bond donors (Lipinski definition) is 0. The van der Waals surface area contributed by atoms with Gasteiger partial charge in [-0.05, 0) is 48.7 Å². The Morgan fingerprint density at radius 2 is 1.72 bits per heavy atom. The van der Waals surface area contributed by atoms with E-state index in [4.69, 9.17) is 16.6 Å². The van der Waals surface area contributed by atoms with Gasteiger partial charge in [0.15, 0.2) is 0 Å². The van der Waals surface area contributed by atoms with Crippen molar-refractivity contribution in [2.75, 3.05) is 13.1 Å². The maximum atomic E-state index is 13.0. The number of rotatable bonds is 4. The number of benzene rings is 2. The fourth-order valence-electron chi connectivity index (χ4n) is 4.34. The molecule has 2 aliphatic rings. The predicted octanol–water partition coefficient (Wildman–Crippen LogP) is 4.62. The molecule has 0 bridgehead atoms. The number of aromatic nitrogens is 1. The third-order valence-electron chi connectivity index (χ3n) is 6.19. The lowest BCUT2D eigenvalue weighted by atomic mass is 9.97. The number of fused-ring (bicyclic) bond motifs is 1. The molecular formula is C24H22ClN3O3S. The van der Waals surface area contributed by atoms with Gasteiger partial charge in [-0.25, -0.2) is 4.98 Å². The molecule has 3 aromatic rings. The lowest BCUT2D eigenvalue weighted by molar-refractivity contribution is -0.139. The molecule has 8 heteroatoms. The van der Waals surface area contributed by atoms with Crippen LogP contribution in [0.4, 0.5) is 0 Å². The molecule has 0 aliphatic carbocycles. The van der Waals surface area contributed by atoms with Gasteiger partial charge >= 0.3 is 0 Å². The Morgan fingerprint density at radius 1 is 1.03 bits per heavy atom. The van der Waals surface area contributed by atoms with Crippen LogP contribution in [0.5, 0.6) is 0 Å². The average Bonchev–Trinajstić information content (AvgIpc) is 3.37. The number of nitrogens with zero attached hydrogens (tertiary/aromatic N) is 3. The number of carbonyl (C=O) groups excluding carboxylic acids is 3. The zero-order valence-corrected chi connectivity index (χ0v) is 19.0. The number of thiazole rings is 1. The first kappa shape index (κ1) is 21.1. The highest BCUT2D eigenvalue weighted by atomic mass is 35.5. The smallest absolute Gasteiger partial charge is 0.253 e. The Bertz CT molecular complexity index is 1180. The highest BCUT2D eigenvalue weighted by molar-refractivity contribution is 7.18. The average molecular weight is 468 g/mol. The first-order chi connectivity index (χ1) is 15.5. The van der Waals surface area contributed by atoms with E-state index in [-0.39, 0.29) is 37.1 Å². The first-order valence-electron chi connectivity index (χ1n) is 10.8. The summed E-state index contributed by atoms with van der Waals surface area (Å²) in [6.45, 7) is 1.66. The number of hydrogen-bond acceptors (Lipinski definition) is 5. The van der Waals surface area contributed by atoms with Gasteiger partial charge < -0.3 is 4.90 Å². The molecule has 164 valence electrons. The highest BCUT2D eigenvalue weighted by Crippen LogP contribution is 2.35. The number of likely N-dealkylation sites (tertiary alicyclic amines) is 2. The van der Waals surface area contributed by atoms with E-state index in [2.05, 4.69) is 0 Å². The summed E-state index contributed by atoms with van der Waals surface area (Å²) < 4.78 is 1.14. The van der Waals surface area contributed by atoms with Gasteiger partial charge in [0.05, 0.1) is 21.8 Å². The number of piperidine rings is 1. The molecule has 0 spiro atoms. The molecule has 2 aromatic carbocycles. The minimum Gasteiger partial charge on any atom is -0.339 e. The largest absolute Gasteiger partial charge is 0.339 e. The van der Waals surface area contributed by atoms with Gasteiger partial charge in [-0.1, -0.05) is 23.7 Å². The minimum absolute atomic E-state index is 0.0133. The summed E-state index contributed by atoms with van der Waals surface area (Å²) in [7, 11) is 0. The summed E-state index contributed by atoms with van der Waals surface area (Å²) in [5.74, 6) is 0.107. The molecule has 2 saturated heterocycles. The normalized spacial score (nSPS) is 17.5. The molecule has 1 aromatic heterocycles. The van der Waals surface area contributed by atoms with E-state index in [1.165, 1.54) is 4.90 Å². The molecule has 2 fully saturated rings. The van der Waals surface area contributed by atoms with Crippen LogP contribution in [0.15, 0.2) is 42.5 Å². The Balaban J connectivity index is 1.20. The Morgan fingerprint density at radius 3 is 2.41 bits per heavy atom. The number of amides is 3. The van der Waals surface area contributed by atoms with E-state index in [1.54, 1.807) is 23.5 Å². The number of imide groups is 1. The quantitative estimate of drug-likeness (QED) is 0.525. The maximum Gasteiger partial charge on any atom is 0.253 e. The second-order valence-corrected chi connectivity index (χ2v) is 9.80. The van der Waals surface area contributed by atoms with Crippen molar-refractivity contribution in [3.8, 4) is 0 Å². The fraction of sp³-hybridized carbons (Fsp3) is 0.333. The maximum absolute atomic E-state index is 13.0. The van der Waals surface area contributed by atoms with E-state index < -0.39 is 0 Å². The van der Waals surface area contributed by atoms with Crippen molar-refractivity contribution in [1.82, 2.24) is 14.8 Å². The standard InChI is InChI=1S/C24H22ClN3O3S/c25-18-5-6-20-19(13-18)26-23(32-20)16-9-11-27(12-10-16)24(31)17-3-1-15(2-4-17)14-28-21(29)7-8-22(28)30/h1-6,13,16H,7-12,14H2. The van der Waals surface area contributed by atoms with Crippen molar-refractivity contribution in [2.24, 2.45) is 0 Å². The Hall–Kier alpha value is -2.77. The molecule has 3 amide bonds.